The van der Waals surface area contributed by atoms with Crippen molar-refractivity contribution in [3.05, 3.63) is 29.8 Å². The van der Waals surface area contributed by atoms with Crippen LogP contribution in [0.15, 0.2) is 24.3 Å². The number of halogens is 3. The first kappa shape index (κ1) is 15.3. The van der Waals surface area contributed by atoms with Crippen LogP contribution in [-0.2, 0) is 4.79 Å². The second kappa shape index (κ2) is 6.42. The quantitative estimate of drug-likeness (QED) is 0.864. The molecular weight excluding hydrogens is 261 g/mol. The van der Waals surface area contributed by atoms with Crippen molar-refractivity contribution in [2.75, 3.05) is 13.6 Å². The molecule has 0 aliphatic carbocycles. The molecule has 0 aromatic heterocycles. The molecule has 1 aromatic carbocycles. The third-order valence-corrected chi connectivity index (χ3v) is 2.46. The van der Waals surface area contributed by atoms with Gasteiger partial charge in [-0.1, -0.05) is 12.1 Å². The zero-order chi connectivity index (χ0) is 14.5. The van der Waals surface area contributed by atoms with Gasteiger partial charge in [0, 0.05) is 13.1 Å². The van der Waals surface area contributed by atoms with Crippen molar-refractivity contribution in [1.82, 2.24) is 10.6 Å². The van der Waals surface area contributed by atoms with E-state index in [1.165, 1.54) is 31.3 Å². The molecule has 0 spiro atoms. The Kier molecular flexibility index (Phi) is 5.17. The van der Waals surface area contributed by atoms with E-state index in [1.807, 2.05) is 6.92 Å². The Bertz CT molecular complexity index is 418. The highest BCUT2D eigenvalue weighted by Crippen LogP contribution is 2.24. The molecule has 106 valence electrons. The molecule has 7 heteroatoms. The van der Waals surface area contributed by atoms with Gasteiger partial charge in [-0.25, -0.2) is 0 Å². The molecule has 1 unspecified atom stereocenters. The minimum Gasteiger partial charge on any atom is -0.406 e. The van der Waals surface area contributed by atoms with E-state index >= 15 is 0 Å². The standard InChI is InChI=1S/C12H15F3N2O2/c1-8(17-7-11(18)16-2)9-3-5-10(6-4-9)19-12(13,14)15/h3-6,8,17H,7H2,1-2H3,(H,16,18). The van der Waals surface area contributed by atoms with Crippen molar-refractivity contribution in [2.24, 2.45) is 0 Å². The van der Waals surface area contributed by atoms with Gasteiger partial charge in [0.2, 0.25) is 5.91 Å². The van der Waals surface area contributed by atoms with E-state index < -0.39 is 6.36 Å². The third kappa shape index (κ3) is 5.60. The maximum atomic E-state index is 12.0. The summed E-state index contributed by atoms with van der Waals surface area (Å²) in [6, 6.07) is 5.35. The Morgan fingerprint density at radius 2 is 1.89 bits per heavy atom. The summed E-state index contributed by atoms with van der Waals surface area (Å²) in [5.74, 6) is -0.432. The van der Waals surface area contributed by atoms with Crippen molar-refractivity contribution in [3.8, 4) is 5.75 Å². The zero-order valence-corrected chi connectivity index (χ0v) is 10.5. The number of amides is 1. The Labute approximate surface area is 108 Å². The molecule has 0 aliphatic rings. The van der Waals surface area contributed by atoms with E-state index in [4.69, 9.17) is 0 Å². The minimum absolute atomic E-state index is 0.137. The maximum Gasteiger partial charge on any atom is 0.573 e. The van der Waals surface area contributed by atoms with Crippen LogP contribution in [0, 0.1) is 0 Å². The molecule has 1 rings (SSSR count). The van der Waals surface area contributed by atoms with Gasteiger partial charge in [-0.15, -0.1) is 13.2 Å². The highest BCUT2D eigenvalue weighted by molar-refractivity contribution is 5.77. The molecule has 0 radical (unpaired) electrons. The minimum atomic E-state index is -4.69. The Morgan fingerprint density at radius 1 is 1.32 bits per heavy atom. The number of carbonyl (C=O) groups excluding carboxylic acids is 1. The van der Waals surface area contributed by atoms with Crippen LogP contribution in [0.5, 0.6) is 5.75 Å². The summed E-state index contributed by atoms with van der Waals surface area (Å²) in [6.45, 7) is 1.95. The normalized spacial score (nSPS) is 12.9. The number of ether oxygens (including phenoxy) is 1. The number of rotatable bonds is 5. The summed E-state index contributed by atoms with van der Waals surface area (Å²) >= 11 is 0. The Balaban J connectivity index is 2.58. The fraction of sp³-hybridized carbons (Fsp3) is 0.417. The van der Waals surface area contributed by atoms with Crippen LogP contribution in [-0.4, -0.2) is 25.9 Å². The van der Waals surface area contributed by atoms with Crippen molar-refractivity contribution in [2.45, 2.75) is 19.3 Å². The highest BCUT2D eigenvalue weighted by Gasteiger charge is 2.30. The first-order chi connectivity index (χ1) is 8.81. The van der Waals surface area contributed by atoms with Crippen LogP contribution < -0.4 is 15.4 Å². The molecule has 1 aromatic rings. The van der Waals surface area contributed by atoms with E-state index in [2.05, 4.69) is 15.4 Å². The van der Waals surface area contributed by atoms with Crippen LogP contribution >= 0.6 is 0 Å². The van der Waals surface area contributed by atoms with Crippen LogP contribution in [0.3, 0.4) is 0 Å². The number of benzene rings is 1. The first-order valence-corrected chi connectivity index (χ1v) is 5.61. The number of hydrogen-bond donors (Lipinski definition) is 2. The number of carbonyl (C=O) groups is 1. The van der Waals surface area contributed by atoms with Gasteiger partial charge in [-0.3, -0.25) is 4.79 Å². The fourth-order valence-electron chi connectivity index (χ4n) is 1.41. The third-order valence-electron chi connectivity index (χ3n) is 2.46. The van der Waals surface area contributed by atoms with Gasteiger partial charge in [-0.05, 0) is 24.6 Å². The van der Waals surface area contributed by atoms with E-state index in [9.17, 15) is 18.0 Å². The lowest BCUT2D eigenvalue weighted by Gasteiger charge is -2.14. The lowest BCUT2D eigenvalue weighted by molar-refractivity contribution is -0.274. The van der Waals surface area contributed by atoms with Crippen LogP contribution in [0.4, 0.5) is 13.2 Å². The Hall–Kier alpha value is -1.76. The molecule has 1 atom stereocenters. The van der Waals surface area contributed by atoms with Crippen LogP contribution in [0.1, 0.15) is 18.5 Å². The lowest BCUT2D eigenvalue weighted by Crippen LogP contribution is -2.32. The average Bonchev–Trinajstić information content (AvgIpc) is 2.34. The zero-order valence-electron chi connectivity index (χ0n) is 10.5. The number of hydrogen-bond acceptors (Lipinski definition) is 3. The molecule has 19 heavy (non-hydrogen) atoms. The summed E-state index contributed by atoms with van der Waals surface area (Å²) in [6.07, 6.45) is -4.69. The topological polar surface area (TPSA) is 50.4 Å². The van der Waals surface area contributed by atoms with Gasteiger partial charge in [0.15, 0.2) is 0 Å². The summed E-state index contributed by atoms with van der Waals surface area (Å²) < 4.78 is 39.7. The molecule has 0 bridgehead atoms. The van der Waals surface area contributed by atoms with Gasteiger partial charge in [0.25, 0.3) is 0 Å². The summed E-state index contributed by atoms with van der Waals surface area (Å²) in [5, 5.41) is 5.40. The van der Waals surface area contributed by atoms with Gasteiger partial charge in [-0.2, -0.15) is 0 Å². The van der Waals surface area contributed by atoms with Crippen molar-refractivity contribution >= 4 is 5.91 Å². The molecule has 1 amide bonds. The van der Waals surface area contributed by atoms with E-state index in [-0.39, 0.29) is 24.2 Å². The molecular formula is C12H15F3N2O2. The van der Waals surface area contributed by atoms with Crippen LogP contribution in [0.25, 0.3) is 0 Å². The average molecular weight is 276 g/mol. The molecule has 0 aliphatic heterocycles. The van der Waals surface area contributed by atoms with E-state index in [0.29, 0.717) is 0 Å². The second-order valence-corrected chi connectivity index (χ2v) is 3.89. The molecule has 2 N–H and O–H groups in total. The van der Waals surface area contributed by atoms with Crippen molar-refractivity contribution in [3.63, 3.8) is 0 Å². The maximum absolute atomic E-state index is 12.0. The predicted molar refractivity (Wildman–Crippen MR) is 63.6 cm³/mol. The number of alkyl halides is 3. The van der Waals surface area contributed by atoms with E-state index in [1.54, 1.807) is 0 Å². The Morgan fingerprint density at radius 3 is 2.37 bits per heavy atom. The van der Waals surface area contributed by atoms with Gasteiger partial charge < -0.3 is 15.4 Å². The van der Waals surface area contributed by atoms with Crippen molar-refractivity contribution < 1.29 is 22.7 Å². The SMILES string of the molecule is CNC(=O)CNC(C)c1ccc(OC(F)(F)F)cc1. The van der Waals surface area contributed by atoms with Crippen molar-refractivity contribution in [1.29, 1.82) is 0 Å². The van der Waals surface area contributed by atoms with Gasteiger partial charge in [0.05, 0.1) is 6.54 Å². The number of likely N-dealkylation sites (N-methyl/N-ethyl adjacent to an activating group) is 1. The number of nitrogens with one attached hydrogen (secondary N) is 2. The van der Waals surface area contributed by atoms with Gasteiger partial charge in [0.1, 0.15) is 5.75 Å². The fourth-order valence-corrected chi connectivity index (χ4v) is 1.41. The van der Waals surface area contributed by atoms with E-state index in [0.717, 1.165) is 5.56 Å². The van der Waals surface area contributed by atoms with Crippen LogP contribution in [0.2, 0.25) is 0 Å². The largest absolute Gasteiger partial charge is 0.573 e. The molecule has 0 saturated heterocycles. The molecule has 0 saturated carbocycles. The summed E-state index contributed by atoms with van der Waals surface area (Å²) in [5.41, 5.74) is 0.762. The summed E-state index contributed by atoms with van der Waals surface area (Å²) in [7, 11) is 1.53. The molecule has 0 fully saturated rings. The molecule has 4 nitrogen and oxygen atoms in total. The summed E-state index contributed by atoms with van der Waals surface area (Å²) in [4.78, 5) is 11.0. The highest BCUT2D eigenvalue weighted by atomic mass is 19.4. The first-order valence-electron chi connectivity index (χ1n) is 5.61. The second-order valence-electron chi connectivity index (χ2n) is 3.89. The van der Waals surface area contributed by atoms with Gasteiger partial charge >= 0.3 is 6.36 Å². The monoisotopic (exact) mass is 276 g/mol. The predicted octanol–water partition coefficient (Wildman–Crippen LogP) is 1.98. The molecule has 0 heterocycles. The lowest BCUT2D eigenvalue weighted by atomic mass is 10.1. The smallest absolute Gasteiger partial charge is 0.406 e.